The standard InChI is InChI=1S/C16H22N4O2/c1-3-13-15(11(2)22-19-13)16(21)18-14-9-10-17-20(14)12-7-5-4-6-8-12/h9-10,12H,3-8H2,1-2H3,(H,18,21). The zero-order valence-electron chi connectivity index (χ0n) is 13.1. The third-order valence-electron chi connectivity index (χ3n) is 4.33. The molecule has 0 unspecified atom stereocenters. The molecule has 118 valence electrons. The van der Waals surface area contributed by atoms with Crippen LogP contribution >= 0.6 is 0 Å². The highest BCUT2D eigenvalue weighted by Crippen LogP contribution is 2.30. The van der Waals surface area contributed by atoms with Crippen molar-refractivity contribution < 1.29 is 9.32 Å². The maximum atomic E-state index is 12.6. The van der Waals surface area contributed by atoms with Crippen LogP contribution in [-0.2, 0) is 6.42 Å². The highest BCUT2D eigenvalue weighted by atomic mass is 16.5. The lowest BCUT2D eigenvalue weighted by molar-refractivity contribution is 0.102. The number of carbonyl (C=O) groups excluding carboxylic acids is 1. The smallest absolute Gasteiger partial charge is 0.262 e. The molecule has 0 bridgehead atoms. The van der Waals surface area contributed by atoms with Gasteiger partial charge in [0.1, 0.15) is 17.1 Å². The van der Waals surface area contributed by atoms with Crippen molar-refractivity contribution in [2.75, 3.05) is 5.32 Å². The second-order valence-corrected chi connectivity index (χ2v) is 5.82. The lowest BCUT2D eigenvalue weighted by atomic mass is 9.96. The average molecular weight is 302 g/mol. The van der Waals surface area contributed by atoms with Gasteiger partial charge in [0, 0.05) is 6.07 Å². The van der Waals surface area contributed by atoms with Crippen molar-refractivity contribution in [2.24, 2.45) is 0 Å². The van der Waals surface area contributed by atoms with Crippen LogP contribution in [0, 0.1) is 6.92 Å². The molecule has 0 aliphatic heterocycles. The average Bonchev–Trinajstić information content (AvgIpc) is 3.14. The van der Waals surface area contributed by atoms with Gasteiger partial charge in [-0.15, -0.1) is 0 Å². The molecule has 2 aromatic rings. The predicted molar refractivity (Wildman–Crippen MR) is 82.9 cm³/mol. The second kappa shape index (κ2) is 6.34. The number of aryl methyl sites for hydroxylation is 2. The molecule has 0 saturated heterocycles. The summed E-state index contributed by atoms with van der Waals surface area (Å²) in [4.78, 5) is 12.6. The van der Waals surface area contributed by atoms with E-state index in [1.165, 1.54) is 19.3 Å². The first kappa shape index (κ1) is 14.8. The molecule has 1 aliphatic carbocycles. The number of anilines is 1. The van der Waals surface area contributed by atoms with Crippen molar-refractivity contribution in [2.45, 2.75) is 58.4 Å². The van der Waals surface area contributed by atoms with E-state index < -0.39 is 0 Å². The normalized spacial score (nSPS) is 15.9. The van der Waals surface area contributed by atoms with Crippen LogP contribution in [-0.4, -0.2) is 20.8 Å². The number of hydrogen-bond donors (Lipinski definition) is 1. The summed E-state index contributed by atoms with van der Waals surface area (Å²) in [5.74, 6) is 1.13. The van der Waals surface area contributed by atoms with Gasteiger partial charge in [-0.3, -0.25) is 4.79 Å². The van der Waals surface area contributed by atoms with Gasteiger partial charge in [-0.1, -0.05) is 31.3 Å². The summed E-state index contributed by atoms with van der Waals surface area (Å²) < 4.78 is 7.09. The Kier molecular flexibility index (Phi) is 4.27. The van der Waals surface area contributed by atoms with E-state index in [0.717, 1.165) is 18.7 Å². The number of hydrogen-bond acceptors (Lipinski definition) is 4. The van der Waals surface area contributed by atoms with Crippen LogP contribution in [0.2, 0.25) is 0 Å². The van der Waals surface area contributed by atoms with Gasteiger partial charge in [-0.25, -0.2) is 4.68 Å². The lowest BCUT2D eigenvalue weighted by Crippen LogP contribution is -2.21. The molecule has 6 nitrogen and oxygen atoms in total. The van der Waals surface area contributed by atoms with Crippen LogP contribution in [0.25, 0.3) is 0 Å². The molecule has 2 aromatic heterocycles. The zero-order chi connectivity index (χ0) is 15.5. The molecular weight excluding hydrogens is 280 g/mol. The van der Waals surface area contributed by atoms with Crippen LogP contribution in [0.5, 0.6) is 0 Å². The minimum Gasteiger partial charge on any atom is -0.361 e. The van der Waals surface area contributed by atoms with Gasteiger partial charge in [0.2, 0.25) is 0 Å². The summed E-state index contributed by atoms with van der Waals surface area (Å²) in [5, 5.41) is 11.3. The Balaban J connectivity index is 1.80. The molecule has 2 heterocycles. The van der Waals surface area contributed by atoms with Gasteiger partial charge in [0.15, 0.2) is 0 Å². The Morgan fingerprint density at radius 3 is 2.91 bits per heavy atom. The number of carbonyl (C=O) groups is 1. The minimum atomic E-state index is -0.173. The van der Waals surface area contributed by atoms with Crippen molar-refractivity contribution in [3.8, 4) is 0 Å². The van der Waals surface area contributed by atoms with E-state index in [1.54, 1.807) is 13.1 Å². The van der Waals surface area contributed by atoms with E-state index in [0.29, 0.717) is 29.5 Å². The van der Waals surface area contributed by atoms with Gasteiger partial charge in [-0.2, -0.15) is 5.10 Å². The van der Waals surface area contributed by atoms with Gasteiger partial charge in [0.25, 0.3) is 5.91 Å². The first-order chi connectivity index (χ1) is 10.7. The Hall–Kier alpha value is -2.11. The van der Waals surface area contributed by atoms with E-state index in [4.69, 9.17) is 4.52 Å². The number of nitrogens with zero attached hydrogens (tertiary/aromatic N) is 3. The fraction of sp³-hybridized carbons (Fsp3) is 0.562. The monoisotopic (exact) mass is 302 g/mol. The van der Waals surface area contributed by atoms with Crippen molar-refractivity contribution in [3.05, 3.63) is 29.3 Å². The minimum absolute atomic E-state index is 0.173. The summed E-state index contributed by atoms with van der Waals surface area (Å²) in [7, 11) is 0. The summed E-state index contributed by atoms with van der Waals surface area (Å²) in [6.45, 7) is 3.72. The predicted octanol–water partition coefficient (Wildman–Crippen LogP) is 3.50. The molecule has 0 radical (unpaired) electrons. The summed E-state index contributed by atoms with van der Waals surface area (Å²) in [5.41, 5.74) is 1.23. The molecule has 3 rings (SSSR count). The molecule has 1 amide bonds. The van der Waals surface area contributed by atoms with Crippen molar-refractivity contribution in [1.82, 2.24) is 14.9 Å². The molecule has 1 N–H and O–H groups in total. The molecule has 1 fully saturated rings. The van der Waals surface area contributed by atoms with Crippen LogP contribution in [0.3, 0.4) is 0 Å². The Morgan fingerprint density at radius 2 is 2.18 bits per heavy atom. The van der Waals surface area contributed by atoms with Crippen LogP contribution in [0.1, 0.15) is 66.9 Å². The van der Waals surface area contributed by atoms with Crippen LogP contribution in [0.15, 0.2) is 16.8 Å². The lowest BCUT2D eigenvalue weighted by Gasteiger charge is -2.23. The van der Waals surface area contributed by atoms with Crippen molar-refractivity contribution in [3.63, 3.8) is 0 Å². The summed E-state index contributed by atoms with van der Waals surface area (Å²) in [6, 6.07) is 2.23. The van der Waals surface area contributed by atoms with Crippen LogP contribution < -0.4 is 5.32 Å². The quantitative estimate of drug-likeness (QED) is 0.938. The van der Waals surface area contributed by atoms with E-state index in [9.17, 15) is 4.79 Å². The van der Waals surface area contributed by atoms with E-state index in [1.807, 2.05) is 17.7 Å². The molecular formula is C16H22N4O2. The fourth-order valence-electron chi connectivity index (χ4n) is 3.16. The fourth-order valence-corrected chi connectivity index (χ4v) is 3.16. The first-order valence-corrected chi connectivity index (χ1v) is 8.00. The van der Waals surface area contributed by atoms with E-state index in [2.05, 4.69) is 15.6 Å². The molecule has 6 heteroatoms. The van der Waals surface area contributed by atoms with E-state index >= 15 is 0 Å². The molecule has 0 aromatic carbocycles. The number of nitrogens with one attached hydrogen (secondary N) is 1. The molecule has 22 heavy (non-hydrogen) atoms. The molecule has 0 spiro atoms. The maximum Gasteiger partial charge on any atom is 0.262 e. The summed E-state index contributed by atoms with van der Waals surface area (Å²) in [6.07, 6.45) is 8.39. The first-order valence-electron chi connectivity index (χ1n) is 8.00. The third-order valence-corrected chi connectivity index (χ3v) is 4.33. The maximum absolute atomic E-state index is 12.6. The zero-order valence-corrected chi connectivity index (χ0v) is 13.1. The van der Waals surface area contributed by atoms with Crippen molar-refractivity contribution in [1.29, 1.82) is 0 Å². The SMILES string of the molecule is CCc1noc(C)c1C(=O)Nc1ccnn1C1CCCCC1. The van der Waals surface area contributed by atoms with Gasteiger partial charge >= 0.3 is 0 Å². The number of aromatic nitrogens is 3. The Bertz CT molecular complexity index is 653. The third kappa shape index (κ3) is 2.77. The van der Waals surface area contributed by atoms with Crippen molar-refractivity contribution >= 4 is 11.7 Å². The summed E-state index contributed by atoms with van der Waals surface area (Å²) >= 11 is 0. The Labute approximate surface area is 129 Å². The van der Waals surface area contributed by atoms with Crippen LogP contribution in [0.4, 0.5) is 5.82 Å². The largest absolute Gasteiger partial charge is 0.361 e. The van der Waals surface area contributed by atoms with Gasteiger partial charge in [0.05, 0.1) is 17.9 Å². The van der Waals surface area contributed by atoms with E-state index in [-0.39, 0.29) is 5.91 Å². The topological polar surface area (TPSA) is 73.0 Å². The second-order valence-electron chi connectivity index (χ2n) is 5.82. The van der Waals surface area contributed by atoms with Gasteiger partial charge in [-0.05, 0) is 26.2 Å². The molecule has 1 saturated carbocycles. The molecule has 1 aliphatic rings. The molecule has 0 atom stereocenters. The Morgan fingerprint density at radius 1 is 1.41 bits per heavy atom. The number of amides is 1. The highest BCUT2D eigenvalue weighted by molar-refractivity contribution is 6.05. The highest BCUT2D eigenvalue weighted by Gasteiger charge is 2.23. The number of rotatable bonds is 4. The van der Waals surface area contributed by atoms with Gasteiger partial charge < -0.3 is 9.84 Å².